The van der Waals surface area contributed by atoms with Crippen LogP contribution in [0.2, 0.25) is 0 Å². The molecule has 0 aliphatic carbocycles. The van der Waals surface area contributed by atoms with Crippen LogP contribution in [0.4, 0.5) is 13.2 Å². The Morgan fingerprint density at radius 1 is 1.44 bits per heavy atom. The van der Waals surface area contributed by atoms with E-state index in [1.807, 2.05) is 0 Å². The summed E-state index contributed by atoms with van der Waals surface area (Å²) in [7, 11) is 0. The Bertz CT molecular complexity index is 402. The van der Waals surface area contributed by atoms with Crippen LogP contribution < -0.4 is 0 Å². The van der Waals surface area contributed by atoms with Crippen LogP contribution in [0.1, 0.15) is 28.7 Å². The summed E-state index contributed by atoms with van der Waals surface area (Å²) in [4.78, 5) is 14.6. The van der Waals surface area contributed by atoms with Crippen molar-refractivity contribution in [1.82, 2.24) is 4.98 Å². The van der Waals surface area contributed by atoms with E-state index in [1.165, 1.54) is 19.9 Å². The molecule has 0 aliphatic rings. The molecule has 1 aromatic rings. The van der Waals surface area contributed by atoms with Crippen molar-refractivity contribution < 1.29 is 22.7 Å². The van der Waals surface area contributed by atoms with Crippen molar-refractivity contribution in [2.45, 2.75) is 20.0 Å². The molecular formula is C10H10F3NO2. The maximum absolute atomic E-state index is 12.6. The van der Waals surface area contributed by atoms with E-state index in [4.69, 9.17) is 0 Å². The molecule has 1 aromatic heterocycles. The third-order valence-corrected chi connectivity index (χ3v) is 1.80. The molecule has 0 unspecified atom stereocenters. The summed E-state index contributed by atoms with van der Waals surface area (Å²) in [6.07, 6.45) is -4.66. The van der Waals surface area contributed by atoms with Crippen molar-refractivity contribution in [1.29, 1.82) is 0 Å². The highest BCUT2D eigenvalue weighted by atomic mass is 19.4. The highest BCUT2D eigenvalue weighted by Crippen LogP contribution is 2.30. The zero-order chi connectivity index (χ0) is 12.3. The summed E-state index contributed by atoms with van der Waals surface area (Å²) >= 11 is 0. The average Bonchev–Trinajstić information content (AvgIpc) is 2.16. The molecule has 0 saturated heterocycles. The van der Waals surface area contributed by atoms with E-state index in [9.17, 15) is 18.0 Å². The molecule has 0 radical (unpaired) electrons. The van der Waals surface area contributed by atoms with Crippen LogP contribution in [0, 0.1) is 6.92 Å². The van der Waals surface area contributed by atoms with Gasteiger partial charge in [-0.2, -0.15) is 13.2 Å². The number of halogens is 3. The predicted octanol–water partition coefficient (Wildman–Crippen LogP) is 2.59. The van der Waals surface area contributed by atoms with Crippen molar-refractivity contribution in [3.05, 3.63) is 29.1 Å². The van der Waals surface area contributed by atoms with Crippen molar-refractivity contribution >= 4 is 5.97 Å². The Hall–Kier alpha value is -1.59. The van der Waals surface area contributed by atoms with Crippen LogP contribution in [0.5, 0.6) is 0 Å². The van der Waals surface area contributed by atoms with Crippen molar-refractivity contribution in [2.75, 3.05) is 6.61 Å². The maximum Gasteiger partial charge on any atom is 0.434 e. The van der Waals surface area contributed by atoms with E-state index >= 15 is 0 Å². The van der Waals surface area contributed by atoms with Gasteiger partial charge in [0.05, 0.1) is 12.2 Å². The second kappa shape index (κ2) is 4.51. The number of carbonyl (C=O) groups excluding carboxylic acids is 1. The van der Waals surface area contributed by atoms with E-state index in [-0.39, 0.29) is 12.3 Å². The van der Waals surface area contributed by atoms with Crippen LogP contribution in [0.3, 0.4) is 0 Å². The monoisotopic (exact) mass is 233 g/mol. The van der Waals surface area contributed by atoms with E-state index in [0.29, 0.717) is 0 Å². The molecule has 0 bridgehead atoms. The van der Waals surface area contributed by atoms with E-state index in [1.54, 1.807) is 0 Å². The van der Waals surface area contributed by atoms with Gasteiger partial charge in [0.15, 0.2) is 5.69 Å². The number of esters is 1. The standard InChI is InChI=1S/C10H10F3NO2/c1-3-16-9(15)7-5-4-6(2)14-8(7)10(11,12)13/h4-5H,3H2,1-2H3. The second-order valence-corrected chi connectivity index (χ2v) is 3.07. The molecular weight excluding hydrogens is 223 g/mol. The molecule has 0 N–H and O–H groups in total. The van der Waals surface area contributed by atoms with Crippen LogP contribution >= 0.6 is 0 Å². The molecule has 0 amide bonds. The van der Waals surface area contributed by atoms with Crippen LogP contribution in [0.25, 0.3) is 0 Å². The number of aryl methyl sites for hydroxylation is 1. The molecule has 1 rings (SSSR count). The zero-order valence-electron chi connectivity index (χ0n) is 8.76. The number of pyridine rings is 1. The number of hydrogen-bond acceptors (Lipinski definition) is 3. The van der Waals surface area contributed by atoms with Crippen LogP contribution in [-0.2, 0) is 10.9 Å². The summed E-state index contributed by atoms with van der Waals surface area (Å²) in [5.41, 5.74) is -1.56. The normalized spacial score (nSPS) is 11.3. The molecule has 0 atom stereocenters. The third kappa shape index (κ3) is 2.71. The van der Waals surface area contributed by atoms with Gasteiger partial charge in [-0.15, -0.1) is 0 Å². The molecule has 0 aromatic carbocycles. The Morgan fingerprint density at radius 2 is 2.06 bits per heavy atom. The molecule has 6 heteroatoms. The van der Waals surface area contributed by atoms with Gasteiger partial charge in [-0.05, 0) is 26.0 Å². The van der Waals surface area contributed by atoms with Gasteiger partial charge in [0.1, 0.15) is 0 Å². The fourth-order valence-corrected chi connectivity index (χ4v) is 1.15. The van der Waals surface area contributed by atoms with Crippen molar-refractivity contribution in [3.8, 4) is 0 Å². The minimum atomic E-state index is -4.66. The molecule has 16 heavy (non-hydrogen) atoms. The first kappa shape index (κ1) is 12.5. The first-order valence-electron chi connectivity index (χ1n) is 4.58. The zero-order valence-corrected chi connectivity index (χ0v) is 8.76. The molecule has 88 valence electrons. The maximum atomic E-state index is 12.6. The number of ether oxygens (including phenoxy) is 1. The second-order valence-electron chi connectivity index (χ2n) is 3.07. The number of carbonyl (C=O) groups is 1. The van der Waals surface area contributed by atoms with E-state index in [0.717, 1.165) is 6.07 Å². The molecule has 0 spiro atoms. The fraction of sp³-hybridized carbons (Fsp3) is 0.400. The minimum absolute atomic E-state index is 0.0179. The van der Waals surface area contributed by atoms with Gasteiger partial charge in [0, 0.05) is 5.69 Å². The first-order valence-corrected chi connectivity index (χ1v) is 4.58. The van der Waals surface area contributed by atoms with Gasteiger partial charge in [0.2, 0.25) is 0 Å². The summed E-state index contributed by atoms with van der Waals surface area (Å²) in [6, 6.07) is 2.41. The van der Waals surface area contributed by atoms with Gasteiger partial charge in [0.25, 0.3) is 0 Å². The summed E-state index contributed by atoms with van der Waals surface area (Å²) in [5.74, 6) is -1.01. The summed E-state index contributed by atoms with van der Waals surface area (Å²) in [6.45, 7) is 2.96. The topological polar surface area (TPSA) is 39.2 Å². The molecule has 3 nitrogen and oxygen atoms in total. The Balaban J connectivity index is 3.23. The summed E-state index contributed by atoms with van der Waals surface area (Å²) < 4.78 is 42.2. The number of alkyl halides is 3. The number of nitrogens with zero attached hydrogens (tertiary/aromatic N) is 1. The average molecular weight is 233 g/mol. The summed E-state index contributed by atoms with van der Waals surface area (Å²) in [5, 5.41) is 0. The number of hydrogen-bond donors (Lipinski definition) is 0. The molecule has 1 heterocycles. The highest BCUT2D eigenvalue weighted by Gasteiger charge is 2.37. The van der Waals surface area contributed by atoms with Crippen LogP contribution in [-0.4, -0.2) is 17.6 Å². The highest BCUT2D eigenvalue weighted by molar-refractivity contribution is 5.90. The lowest BCUT2D eigenvalue weighted by molar-refractivity contribution is -0.141. The SMILES string of the molecule is CCOC(=O)c1ccc(C)nc1C(F)(F)F. The van der Waals surface area contributed by atoms with Crippen LogP contribution in [0.15, 0.2) is 12.1 Å². The van der Waals surface area contributed by atoms with Crippen molar-refractivity contribution in [2.24, 2.45) is 0 Å². The lowest BCUT2D eigenvalue weighted by Gasteiger charge is -2.11. The lowest BCUT2D eigenvalue weighted by atomic mass is 10.1. The molecule has 0 fully saturated rings. The quantitative estimate of drug-likeness (QED) is 0.737. The lowest BCUT2D eigenvalue weighted by Crippen LogP contribution is -2.17. The van der Waals surface area contributed by atoms with Crippen molar-refractivity contribution in [3.63, 3.8) is 0 Å². The van der Waals surface area contributed by atoms with E-state index in [2.05, 4.69) is 9.72 Å². The minimum Gasteiger partial charge on any atom is -0.462 e. The number of rotatable bonds is 2. The van der Waals surface area contributed by atoms with Gasteiger partial charge >= 0.3 is 12.1 Å². The smallest absolute Gasteiger partial charge is 0.434 e. The Kier molecular flexibility index (Phi) is 3.51. The fourth-order valence-electron chi connectivity index (χ4n) is 1.15. The largest absolute Gasteiger partial charge is 0.462 e. The Morgan fingerprint density at radius 3 is 2.56 bits per heavy atom. The first-order chi connectivity index (χ1) is 7.36. The van der Waals surface area contributed by atoms with Gasteiger partial charge in [-0.1, -0.05) is 0 Å². The van der Waals surface area contributed by atoms with E-state index < -0.39 is 23.4 Å². The van der Waals surface area contributed by atoms with Gasteiger partial charge in [-0.3, -0.25) is 0 Å². The third-order valence-electron chi connectivity index (χ3n) is 1.80. The van der Waals surface area contributed by atoms with Gasteiger partial charge < -0.3 is 4.74 Å². The van der Waals surface area contributed by atoms with Gasteiger partial charge in [-0.25, -0.2) is 9.78 Å². The predicted molar refractivity (Wildman–Crippen MR) is 49.9 cm³/mol. The molecule has 0 aliphatic heterocycles. The molecule has 0 saturated carbocycles. The number of aromatic nitrogens is 1. The Labute approximate surface area is 90.2 Å².